The van der Waals surface area contributed by atoms with Crippen LogP contribution in [0.5, 0.6) is 5.75 Å². The summed E-state index contributed by atoms with van der Waals surface area (Å²) in [6.07, 6.45) is 3.88. The molecule has 0 radical (unpaired) electrons. The molecule has 2 rings (SSSR count). The molecule has 3 nitrogen and oxygen atoms in total. The van der Waals surface area contributed by atoms with Gasteiger partial charge in [-0.25, -0.2) is 0 Å². The Bertz CT molecular complexity index is 440. The van der Waals surface area contributed by atoms with Gasteiger partial charge in [-0.15, -0.1) is 0 Å². The van der Waals surface area contributed by atoms with Gasteiger partial charge in [0.05, 0.1) is 11.0 Å². The minimum Gasteiger partial charge on any atom is -0.507 e. The average Bonchev–Trinajstić information content (AvgIpc) is 2.73. The summed E-state index contributed by atoms with van der Waals surface area (Å²) in [6.45, 7) is 0.716. The van der Waals surface area contributed by atoms with E-state index >= 15 is 0 Å². The molecule has 0 aliphatic rings. The predicted molar refractivity (Wildman–Crippen MR) is 63.3 cm³/mol. The van der Waals surface area contributed by atoms with E-state index in [1.54, 1.807) is 6.07 Å². The number of nitrogens with one attached hydrogen (secondary N) is 1. The normalized spacial score (nSPS) is 10.2. The lowest BCUT2D eigenvalue weighted by atomic mass is 10.2. The van der Waals surface area contributed by atoms with E-state index in [0.717, 1.165) is 5.56 Å². The van der Waals surface area contributed by atoms with Gasteiger partial charge >= 0.3 is 0 Å². The molecular weight excluding hydrogens is 256 g/mol. The van der Waals surface area contributed by atoms with Gasteiger partial charge in [-0.05, 0) is 45.8 Å². The number of aromatic nitrogens is 1. The topological polar surface area (TPSA) is 37.2 Å². The first-order valence-electron chi connectivity index (χ1n) is 4.60. The van der Waals surface area contributed by atoms with Gasteiger partial charge in [0.1, 0.15) is 5.75 Å². The van der Waals surface area contributed by atoms with Gasteiger partial charge in [0.25, 0.3) is 0 Å². The van der Waals surface area contributed by atoms with Crippen molar-refractivity contribution in [1.29, 1.82) is 0 Å². The van der Waals surface area contributed by atoms with Gasteiger partial charge in [-0.2, -0.15) is 0 Å². The van der Waals surface area contributed by atoms with Crippen LogP contribution in [-0.2, 0) is 6.54 Å². The summed E-state index contributed by atoms with van der Waals surface area (Å²) < 4.78 is 2.61. The third-order valence-electron chi connectivity index (χ3n) is 2.08. The minimum atomic E-state index is 0.264. The highest BCUT2D eigenvalue weighted by atomic mass is 79.9. The third kappa shape index (κ3) is 2.53. The van der Waals surface area contributed by atoms with Crippen LogP contribution in [0, 0.1) is 0 Å². The Labute approximate surface area is 96.5 Å². The zero-order valence-electron chi connectivity index (χ0n) is 8.02. The van der Waals surface area contributed by atoms with E-state index in [1.807, 2.05) is 41.3 Å². The molecule has 78 valence electrons. The molecule has 0 aliphatic carbocycles. The second-order valence-electron chi connectivity index (χ2n) is 3.21. The first-order valence-corrected chi connectivity index (χ1v) is 5.39. The summed E-state index contributed by atoms with van der Waals surface area (Å²) in [5.41, 5.74) is 4.31. The molecule has 0 aliphatic heterocycles. The van der Waals surface area contributed by atoms with Crippen LogP contribution < -0.4 is 5.43 Å². The SMILES string of the molecule is Oc1ccc(CNn2cccc2)cc1Br. The third-order valence-corrected chi connectivity index (χ3v) is 2.72. The molecular formula is C11H11BrN2O. The monoisotopic (exact) mass is 266 g/mol. The predicted octanol–water partition coefficient (Wildman–Crippen LogP) is 2.70. The summed E-state index contributed by atoms with van der Waals surface area (Å²) in [4.78, 5) is 0. The maximum absolute atomic E-state index is 9.32. The smallest absolute Gasteiger partial charge is 0.129 e. The van der Waals surface area contributed by atoms with Gasteiger partial charge < -0.3 is 10.5 Å². The number of halogens is 1. The van der Waals surface area contributed by atoms with Crippen molar-refractivity contribution < 1.29 is 5.11 Å². The zero-order valence-corrected chi connectivity index (χ0v) is 9.61. The summed E-state index contributed by atoms with van der Waals surface area (Å²) in [5, 5.41) is 9.32. The van der Waals surface area contributed by atoms with Crippen molar-refractivity contribution in [2.45, 2.75) is 6.54 Å². The molecule has 0 spiro atoms. The number of hydrogen-bond donors (Lipinski definition) is 2. The van der Waals surface area contributed by atoms with Crippen molar-refractivity contribution in [3.05, 3.63) is 52.8 Å². The lowest BCUT2D eigenvalue weighted by Gasteiger charge is -2.08. The molecule has 0 unspecified atom stereocenters. The molecule has 1 heterocycles. The van der Waals surface area contributed by atoms with Crippen LogP contribution in [-0.4, -0.2) is 9.78 Å². The lowest BCUT2D eigenvalue weighted by molar-refractivity contribution is 0.471. The Kier molecular flexibility index (Phi) is 2.97. The fourth-order valence-electron chi connectivity index (χ4n) is 1.28. The minimum absolute atomic E-state index is 0.264. The number of phenols is 1. The van der Waals surface area contributed by atoms with E-state index in [1.165, 1.54) is 0 Å². The number of phenolic OH excluding ortho intramolecular Hbond substituents is 1. The van der Waals surface area contributed by atoms with E-state index in [9.17, 15) is 5.11 Å². The standard InChI is InChI=1S/C11H11BrN2O/c12-10-7-9(3-4-11(10)15)8-13-14-5-1-2-6-14/h1-7,13,15H,8H2. The van der Waals surface area contributed by atoms with Crippen molar-refractivity contribution in [2.24, 2.45) is 0 Å². The quantitative estimate of drug-likeness (QED) is 0.897. The number of hydrogen-bond acceptors (Lipinski definition) is 2. The van der Waals surface area contributed by atoms with Crippen molar-refractivity contribution in [3.63, 3.8) is 0 Å². The van der Waals surface area contributed by atoms with Crippen LogP contribution in [0.3, 0.4) is 0 Å². The molecule has 1 aromatic carbocycles. The fourth-order valence-corrected chi connectivity index (χ4v) is 1.71. The Morgan fingerprint density at radius 2 is 2.00 bits per heavy atom. The van der Waals surface area contributed by atoms with Gasteiger partial charge in [0.2, 0.25) is 0 Å². The summed E-state index contributed by atoms with van der Waals surface area (Å²) >= 11 is 3.28. The Hall–Kier alpha value is -1.42. The van der Waals surface area contributed by atoms with Crippen LogP contribution >= 0.6 is 15.9 Å². The highest BCUT2D eigenvalue weighted by Crippen LogP contribution is 2.24. The molecule has 1 aromatic heterocycles. The van der Waals surface area contributed by atoms with Crippen molar-refractivity contribution in [3.8, 4) is 5.75 Å². The Morgan fingerprint density at radius 1 is 1.27 bits per heavy atom. The van der Waals surface area contributed by atoms with E-state index in [-0.39, 0.29) is 5.75 Å². The molecule has 4 heteroatoms. The van der Waals surface area contributed by atoms with Crippen LogP contribution in [0.2, 0.25) is 0 Å². The molecule has 0 saturated heterocycles. The summed E-state index contributed by atoms with van der Waals surface area (Å²) in [6, 6.07) is 9.37. The average molecular weight is 267 g/mol. The molecule has 0 amide bonds. The molecule has 0 bridgehead atoms. The van der Waals surface area contributed by atoms with Crippen molar-refractivity contribution in [2.75, 3.05) is 5.43 Å². The van der Waals surface area contributed by atoms with Crippen LogP contribution in [0.15, 0.2) is 47.2 Å². The van der Waals surface area contributed by atoms with Crippen LogP contribution in [0.4, 0.5) is 0 Å². The van der Waals surface area contributed by atoms with E-state index < -0.39 is 0 Å². The van der Waals surface area contributed by atoms with E-state index in [4.69, 9.17) is 0 Å². The Balaban J connectivity index is 2.02. The maximum Gasteiger partial charge on any atom is 0.129 e. The maximum atomic E-state index is 9.32. The summed E-state index contributed by atoms with van der Waals surface area (Å²) in [5.74, 6) is 0.264. The second kappa shape index (κ2) is 4.40. The van der Waals surface area contributed by atoms with Gasteiger partial charge in [-0.3, -0.25) is 4.68 Å². The van der Waals surface area contributed by atoms with Gasteiger partial charge in [-0.1, -0.05) is 6.07 Å². The zero-order chi connectivity index (χ0) is 10.7. The van der Waals surface area contributed by atoms with Gasteiger partial charge in [0, 0.05) is 12.4 Å². The number of rotatable bonds is 3. The van der Waals surface area contributed by atoms with Gasteiger partial charge in [0.15, 0.2) is 0 Å². The molecule has 15 heavy (non-hydrogen) atoms. The number of aromatic hydroxyl groups is 1. The second-order valence-corrected chi connectivity index (χ2v) is 4.07. The van der Waals surface area contributed by atoms with Crippen molar-refractivity contribution >= 4 is 15.9 Å². The molecule has 0 fully saturated rings. The van der Waals surface area contributed by atoms with E-state index in [0.29, 0.717) is 11.0 Å². The molecule has 0 saturated carbocycles. The first-order chi connectivity index (χ1) is 7.25. The highest BCUT2D eigenvalue weighted by Gasteiger charge is 1.98. The van der Waals surface area contributed by atoms with E-state index in [2.05, 4.69) is 21.4 Å². The fraction of sp³-hybridized carbons (Fsp3) is 0.0909. The Morgan fingerprint density at radius 3 is 2.67 bits per heavy atom. The van der Waals surface area contributed by atoms with Crippen LogP contribution in [0.25, 0.3) is 0 Å². The summed E-state index contributed by atoms with van der Waals surface area (Å²) in [7, 11) is 0. The largest absolute Gasteiger partial charge is 0.507 e. The highest BCUT2D eigenvalue weighted by molar-refractivity contribution is 9.10. The molecule has 2 aromatic rings. The first kappa shape index (κ1) is 10.1. The van der Waals surface area contributed by atoms with Crippen LogP contribution in [0.1, 0.15) is 5.56 Å². The molecule has 0 atom stereocenters. The van der Waals surface area contributed by atoms with Crippen molar-refractivity contribution in [1.82, 2.24) is 4.68 Å². The molecule has 2 N–H and O–H groups in total. The lowest BCUT2D eigenvalue weighted by Crippen LogP contribution is -2.11. The number of nitrogens with zero attached hydrogens (tertiary/aromatic N) is 1. The number of benzene rings is 1.